The van der Waals surface area contributed by atoms with Crippen molar-refractivity contribution in [3.8, 4) is 0 Å². The fourth-order valence-corrected chi connectivity index (χ4v) is 2.00. The second kappa shape index (κ2) is 6.88. The minimum Gasteiger partial charge on any atom is -0.325 e. The summed E-state index contributed by atoms with van der Waals surface area (Å²) in [6.45, 7) is 3.69. The lowest BCUT2D eigenvalue weighted by Gasteiger charge is -2.15. The standard InChI is InChI=1S/C12H18N2O3S.ClH/c1-8(2)11(13)12(15)14-9-5-4-6-10(7-9)18(3,16)17;/h4-8,11H,13H2,1-3H3,(H,14,15);1H/t11-;/m0./s1. The number of anilines is 1. The van der Waals surface area contributed by atoms with Gasteiger partial charge in [-0.15, -0.1) is 12.4 Å². The van der Waals surface area contributed by atoms with Gasteiger partial charge in [-0.3, -0.25) is 4.79 Å². The van der Waals surface area contributed by atoms with E-state index >= 15 is 0 Å². The van der Waals surface area contributed by atoms with E-state index in [1.807, 2.05) is 13.8 Å². The molecule has 0 bridgehead atoms. The van der Waals surface area contributed by atoms with E-state index < -0.39 is 15.9 Å². The van der Waals surface area contributed by atoms with E-state index in [2.05, 4.69) is 5.32 Å². The average molecular weight is 307 g/mol. The summed E-state index contributed by atoms with van der Waals surface area (Å²) in [5.41, 5.74) is 6.13. The van der Waals surface area contributed by atoms with Crippen molar-refractivity contribution in [3.63, 3.8) is 0 Å². The molecule has 0 saturated carbocycles. The molecule has 108 valence electrons. The van der Waals surface area contributed by atoms with E-state index in [1.54, 1.807) is 12.1 Å². The SMILES string of the molecule is CC(C)[C@H](N)C(=O)Nc1cccc(S(C)(=O)=O)c1.Cl. The van der Waals surface area contributed by atoms with Gasteiger partial charge in [0.25, 0.3) is 0 Å². The first-order valence-corrected chi connectivity index (χ1v) is 7.47. The molecule has 0 fully saturated rings. The number of benzene rings is 1. The van der Waals surface area contributed by atoms with E-state index in [0.29, 0.717) is 5.69 Å². The second-order valence-electron chi connectivity index (χ2n) is 4.56. The highest BCUT2D eigenvalue weighted by molar-refractivity contribution is 7.90. The van der Waals surface area contributed by atoms with Crippen molar-refractivity contribution in [2.24, 2.45) is 11.7 Å². The van der Waals surface area contributed by atoms with Crippen molar-refractivity contribution in [3.05, 3.63) is 24.3 Å². The van der Waals surface area contributed by atoms with Gasteiger partial charge in [-0.05, 0) is 24.1 Å². The van der Waals surface area contributed by atoms with Gasteiger partial charge >= 0.3 is 0 Å². The first kappa shape index (κ1) is 17.9. The fourth-order valence-electron chi connectivity index (χ4n) is 1.33. The van der Waals surface area contributed by atoms with Crippen LogP contribution in [-0.2, 0) is 14.6 Å². The zero-order valence-electron chi connectivity index (χ0n) is 11.1. The van der Waals surface area contributed by atoms with Gasteiger partial charge in [0.05, 0.1) is 10.9 Å². The predicted molar refractivity (Wildman–Crippen MR) is 78.2 cm³/mol. The molecule has 1 amide bonds. The molecule has 0 aliphatic rings. The van der Waals surface area contributed by atoms with E-state index in [0.717, 1.165) is 6.26 Å². The topological polar surface area (TPSA) is 89.3 Å². The first-order chi connectivity index (χ1) is 8.21. The van der Waals surface area contributed by atoms with Crippen molar-refractivity contribution < 1.29 is 13.2 Å². The van der Waals surface area contributed by atoms with Gasteiger partial charge in [0.15, 0.2) is 9.84 Å². The number of hydrogen-bond acceptors (Lipinski definition) is 4. The monoisotopic (exact) mass is 306 g/mol. The average Bonchev–Trinajstić information content (AvgIpc) is 2.27. The van der Waals surface area contributed by atoms with E-state index in [-0.39, 0.29) is 29.1 Å². The lowest BCUT2D eigenvalue weighted by Crippen LogP contribution is -2.39. The lowest BCUT2D eigenvalue weighted by molar-refractivity contribution is -0.118. The molecule has 1 rings (SSSR count). The Labute approximate surface area is 119 Å². The first-order valence-electron chi connectivity index (χ1n) is 5.58. The normalized spacial score (nSPS) is 12.7. The molecule has 1 aromatic rings. The van der Waals surface area contributed by atoms with Crippen LogP contribution in [0, 0.1) is 5.92 Å². The van der Waals surface area contributed by atoms with Gasteiger partial charge in [-0.2, -0.15) is 0 Å². The summed E-state index contributed by atoms with van der Waals surface area (Å²) >= 11 is 0. The molecule has 0 aliphatic heterocycles. The van der Waals surface area contributed by atoms with Crippen LogP contribution >= 0.6 is 12.4 Å². The Hall–Kier alpha value is -1.11. The van der Waals surface area contributed by atoms with Crippen molar-refractivity contribution in [1.29, 1.82) is 0 Å². The molecule has 1 aromatic carbocycles. The molecule has 3 N–H and O–H groups in total. The fraction of sp³-hybridized carbons (Fsp3) is 0.417. The summed E-state index contributed by atoms with van der Waals surface area (Å²) in [7, 11) is -3.28. The van der Waals surface area contributed by atoms with Crippen molar-refractivity contribution in [2.75, 3.05) is 11.6 Å². The Morgan fingerprint density at radius 2 is 1.89 bits per heavy atom. The van der Waals surface area contributed by atoms with Gasteiger partial charge in [0.1, 0.15) is 0 Å². The summed E-state index contributed by atoms with van der Waals surface area (Å²) < 4.78 is 22.8. The quantitative estimate of drug-likeness (QED) is 0.880. The number of carbonyl (C=O) groups excluding carboxylic acids is 1. The molecule has 0 aliphatic carbocycles. The van der Waals surface area contributed by atoms with Gasteiger partial charge < -0.3 is 11.1 Å². The molecule has 0 heterocycles. The second-order valence-corrected chi connectivity index (χ2v) is 6.57. The summed E-state index contributed by atoms with van der Waals surface area (Å²) in [5, 5.41) is 2.61. The van der Waals surface area contributed by atoms with Gasteiger partial charge in [0.2, 0.25) is 5.91 Å². The summed E-state index contributed by atoms with van der Waals surface area (Å²) in [5.74, 6) is -0.307. The molecule has 19 heavy (non-hydrogen) atoms. The smallest absolute Gasteiger partial charge is 0.241 e. The van der Waals surface area contributed by atoms with Crippen LogP contribution in [0.15, 0.2) is 29.2 Å². The largest absolute Gasteiger partial charge is 0.325 e. The summed E-state index contributed by atoms with van der Waals surface area (Å²) in [6.07, 6.45) is 1.12. The van der Waals surface area contributed by atoms with Crippen LogP contribution < -0.4 is 11.1 Å². The molecule has 0 radical (unpaired) electrons. The number of nitrogens with two attached hydrogens (primary N) is 1. The zero-order valence-corrected chi connectivity index (χ0v) is 12.7. The highest BCUT2D eigenvalue weighted by atomic mass is 35.5. The molecular weight excluding hydrogens is 288 g/mol. The van der Waals surface area contributed by atoms with Crippen molar-refractivity contribution in [1.82, 2.24) is 0 Å². The number of rotatable bonds is 4. The molecule has 0 aromatic heterocycles. The zero-order chi connectivity index (χ0) is 13.9. The van der Waals surface area contributed by atoms with Crippen LogP contribution in [0.4, 0.5) is 5.69 Å². The highest BCUT2D eigenvalue weighted by Gasteiger charge is 2.17. The third-order valence-electron chi connectivity index (χ3n) is 2.55. The Morgan fingerprint density at radius 3 is 2.37 bits per heavy atom. The molecule has 0 spiro atoms. The van der Waals surface area contributed by atoms with Crippen LogP contribution in [0.5, 0.6) is 0 Å². The van der Waals surface area contributed by atoms with Crippen LogP contribution in [0.1, 0.15) is 13.8 Å². The third-order valence-corrected chi connectivity index (χ3v) is 3.66. The Bertz CT molecular complexity index is 544. The third kappa shape index (κ3) is 5.18. The predicted octanol–water partition coefficient (Wildman–Crippen LogP) is 1.43. The van der Waals surface area contributed by atoms with Crippen LogP contribution in [0.2, 0.25) is 0 Å². The maximum atomic E-state index is 11.7. The summed E-state index contributed by atoms with van der Waals surface area (Å²) in [4.78, 5) is 11.9. The van der Waals surface area contributed by atoms with Gasteiger partial charge in [0, 0.05) is 11.9 Å². The highest BCUT2D eigenvalue weighted by Crippen LogP contribution is 2.15. The van der Waals surface area contributed by atoms with E-state index in [1.165, 1.54) is 12.1 Å². The molecular formula is C12H19ClN2O3S. The number of amides is 1. The van der Waals surface area contributed by atoms with Crippen molar-refractivity contribution in [2.45, 2.75) is 24.8 Å². The lowest BCUT2D eigenvalue weighted by atomic mass is 10.1. The number of hydrogen-bond donors (Lipinski definition) is 2. The van der Waals surface area contributed by atoms with Gasteiger partial charge in [-0.25, -0.2) is 8.42 Å². The minimum atomic E-state index is -3.28. The van der Waals surface area contributed by atoms with Crippen LogP contribution in [0.25, 0.3) is 0 Å². The van der Waals surface area contributed by atoms with Crippen molar-refractivity contribution >= 4 is 33.8 Å². The maximum Gasteiger partial charge on any atom is 0.241 e. The molecule has 5 nitrogen and oxygen atoms in total. The summed E-state index contributed by atoms with van der Waals surface area (Å²) in [6, 6.07) is 5.48. The molecule has 1 atom stereocenters. The van der Waals surface area contributed by atoms with E-state index in [4.69, 9.17) is 5.73 Å². The number of sulfone groups is 1. The van der Waals surface area contributed by atoms with E-state index in [9.17, 15) is 13.2 Å². The maximum absolute atomic E-state index is 11.7. The Kier molecular flexibility index (Phi) is 6.48. The number of carbonyl (C=O) groups is 1. The molecule has 7 heteroatoms. The van der Waals surface area contributed by atoms with Gasteiger partial charge in [-0.1, -0.05) is 19.9 Å². The van der Waals surface area contributed by atoms with Crippen LogP contribution in [-0.4, -0.2) is 26.6 Å². The number of nitrogens with one attached hydrogen (secondary N) is 1. The minimum absolute atomic E-state index is 0. The number of halogens is 1. The Morgan fingerprint density at radius 1 is 1.32 bits per heavy atom. The molecule has 0 saturated heterocycles. The Balaban J connectivity index is 0.00000324. The molecule has 0 unspecified atom stereocenters. The van der Waals surface area contributed by atoms with Crippen LogP contribution in [0.3, 0.4) is 0 Å².